The van der Waals surface area contributed by atoms with Gasteiger partial charge >= 0.3 is 0 Å². The molecule has 1 heterocycles. The van der Waals surface area contributed by atoms with E-state index in [4.69, 9.17) is 4.74 Å². The summed E-state index contributed by atoms with van der Waals surface area (Å²) in [7, 11) is -1.52. The second kappa shape index (κ2) is 4.24. The number of amides is 1. The normalized spacial score (nSPS) is 24.0. The number of ether oxygens (including phenoxy) is 1. The predicted octanol–water partition coefficient (Wildman–Crippen LogP) is -1.61. The van der Waals surface area contributed by atoms with Crippen LogP contribution < -0.4 is 4.72 Å². The lowest BCUT2D eigenvalue weighted by Crippen LogP contribution is -2.48. The van der Waals surface area contributed by atoms with Crippen molar-refractivity contribution in [3.05, 3.63) is 0 Å². The molecule has 0 aliphatic carbocycles. The van der Waals surface area contributed by atoms with E-state index >= 15 is 0 Å². The molecule has 1 aliphatic rings. The molecule has 1 fully saturated rings. The topological polar surface area (TPSA) is 75.7 Å². The molecule has 0 spiro atoms. The van der Waals surface area contributed by atoms with E-state index in [1.165, 1.54) is 4.90 Å². The Morgan fingerprint density at radius 2 is 2.29 bits per heavy atom. The van der Waals surface area contributed by atoms with E-state index in [1.54, 1.807) is 7.05 Å². The summed E-state index contributed by atoms with van der Waals surface area (Å²) >= 11 is 0. The lowest BCUT2D eigenvalue weighted by atomic mass is 10.3. The minimum absolute atomic E-state index is 0.0204. The van der Waals surface area contributed by atoms with Crippen LogP contribution in [0.25, 0.3) is 0 Å². The molecule has 1 aliphatic heterocycles. The Morgan fingerprint density at radius 1 is 1.64 bits per heavy atom. The van der Waals surface area contributed by atoms with Crippen LogP contribution in [-0.2, 0) is 19.6 Å². The van der Waals surface area contributed by atoms with Crippen molar-refractivity contribution in [1.82, 2.24) is 9.62 Å². The van der Waals surface area contributed by atoms with Crippen LogP contribution in [0.2, 0.25) is 0 Å². The van der Waals surface area contributed by atoms with Crippen molar-refractivity contribution >= 4 is 15.9 Å². The van der Waals surface area contributed by atoms with E-state index in [-0.39, 0.29) is 25.2 Å². The molecule has 1 rings (SSSR count). The Balaban J connectivity index is 2.37. The Hall–Kier alpha value is -0.660. The third kappa shape index (κ3) is 3.60. The molecule has 82 valence electrons. The monoisotopic (exact) mass is 222 g/mol. The molecule has 0 aromatic carbocycles. The van der Waals surface area contributed by atoms with Gasteiger partial charge in [-0.1, -0.05) is 0 Å². The highest BCUT2D eigenvalue weighted by Gasteiger charge is 2.23. The average Bonchev–Trinajstić information content (AvgIpc) is 2.06. The fraction of sp³-hybridized carbons (Fsp3) is 0.857. The second-order valence-corrected chi connectivity index (χ2v) is 5.16. The number of sulfonamides is 1. The van der Waals surface area contributed by atoms with Crippen molar-refractivity contribution in [2.45, 2.75) is 6.10 Å². The number of nitrogens with one attached hydrogen (secondary N) is 1. The van der Waals surface area contributed by atoms with Gasteiger partial charge in [-0.15, -0.1) is 0 Å². The number of hydrogen-bond donors (Lipinski definition) is 1. The molecule has 0 saturated carbocycles. The Bertz CT molecular complexity index is 314. The number of morpholine rings is 1. The Morgan fingerprint density at radius 3 is 2.79 bits per heavy atom. The smallest absolute Gasteiger partial charge is 0.248 e. The zero-order chi connectivity index (χ0) is 10.8. The maximum atomic E-state index is 11.0. The Kier molecular flexibility index (Phi) is 3.46. The van der Waals surface area contributed by atoms with Crippen LogP contribution in [0.4, 0.5) is 0 Å². The molecule has 1 atom stereocenters. The summed E-state index contributed by atoms with van der Waals surface area (Å²) in [5, 5.41) is 0. The van der Waals surface area contributed by atoms with Crippen LogP contribution in [0.1, 0.15) is 0 Å². The van der Waals surface area contributed by atoms with Gasteiger partial charge in [-0.25, -0.2) is 13.1 Å². The van der Waals surface area contributed by atoms with Gasteiger partial charge in [0.05, 0.1) is 12.4 Å². The van der Waals surface area contributed by atoms with Crippen molar-refractivity contribution in [3.8, 4) is 0 Å². The van der Waals surface area contributed by atoms with Crippen LogP contribution in [0.15, 0.2) is 0 Å². The summed E-state index contributed by atoms with van der Waals surface area (Å²) in [5.74, 6) is -0.0828. The Labute approximate surface area is 83.3 Å². The van der Waals surface area contributed by atoms with Crippen molar-refractivity contribution < 1.29 is 17.9 Å². The van der Waals surface area contributed by atoms with Gasteiger partial charge in [-0.05, 0) is 0 Å². The van der Waals surface area contributed by atoms with Gasteiger partial charge in [0, 0.05) is 20.1 Å². The average molecular weight is 222 g/mol. The molecule has 7 heteroatoms. The first kappa shape index (κ1) is 11.4. The van der Waals surface area contributed by atoms with Crippen LogP contribution in [0, 0.1) is 0 Å². The number of rotatable bonds is 3. The zero-order valence-corrected chi connectivity index (χ0v) is 9.00. The van der Waals surface area contributed by atoms with Crippen molar-refractivity contribution in [1.29, 1.82) is 0 Å². The zero-order valence-electron chi connectivity index (χ0n) is 8.19. The third-order valence-corrected chi connectivity index (χ3v) is 2.61. The van der Waals surface area contributed by atoms with E-state index in [1.807, 2.05) is 0 Å². The minimum atomic E-state index is -3.19. The summed E-state index contributed by atoms with van der Waals surface area (Å²) in [6, 6.07) is 0. The second-order valence-electron chi connectivity index (χ2n) is 3.33. The molecule has 1 unspecified atom stereocenters. The molecule has 1 saturated heterocycles. The summed E-state index contributed by atoms with van der Waals surface area (Å²) in [5.41, 5.74) is 0. The maximum absolute atomic E-state index is 11.0. The van der Waals surface area contributed by atoms with E-state index < -0.39 is 10.0 Å². The highest BCUT2D eigenvalue weighted by molar-refractivity contribution is 7.88. The highest BCUT2D eigenvalue weighted by Crippen LogP contribution is 2.03. The fourth-order valence-electron chi connectivity index (χ4n) is 1.13. The molecule has 14 heavy (non-hydrogen) atoms. The molecule has 1 N–H and O–H groups in total. The summed E-state index contributed by atoms with van der Waals surface area (Å²) < 4.78 is 29.0. The van der Waals surface area contributed by atoms with E-state index in [0.717, 1.165) is 6.26 Å². The summed E-state index contributed by atoms with van der Waals surface area (Å²) in [4.78, 5) is 12.5. The molecule has 0 radical (unpaired) electrons. The fourth-order valence-corrected chi connectivity index (χ4v) is 1.62. The number of carbonyl (C=O) groups excluding carboxylic acids is 1. The van der Waals surface area contributed by atoms with Gasteiger partial charge in [0.25, 0.3) is 0 Å². The lowest BCUT2D eigenvalue weighted by molar-refractivity contribution is -0.146. The molecule has 1 amide bonds. The van der Waals surface area contributed by atoms with Gasteiger partial charge in [0.1, 0.15) is 6.61 Å². The number of nitrogens with zero attached hydrogens (tertiary/aromatic N) is 1. The molecule has 0 aromatic heterocycles. The quantitative estimate of drug-likeness (QED) is 0.623. The largest absolute Gasteiger partial charge is 0.365 e. The predicted molar refractivity (Wildman–Crippen MR) is 50.2 cm³/mol. The SMILES string of the molecule is CN1CC(CNS(C)(=O)=O)OCC1=O. The highest BCUT2D eigenvalue weighted by atomic mass is 32.2. The van der Waals surface area contributed by atoms with Gasteiger partial charge in [-0.3, -0.25) is 4.79 Å². The van der Waals surface area contributed by atoms with E-state index in [2.05, 4.69) is 4.72 Å². The summed E-state index contributed by atoms with van der Waals surface area (Å²) in [6.45, 7) is 0.643. The van der Waals surface area contributed by atoms with Crippen molar-refractivity contribution in [2.24, 2.45) is 0 Å². The number of likely N-dealkylation sites (N-methyl/N-ethyl adjacent to an activating group) is 1. The van der Waals surface area contributed by atoms with Crippen LogP contribution >= 0.6 is 0 Å². The van der Waals surface area contributed by atoms with Gasteiger partial charge < -0.3 is 9.64 Å². The molecule has 0 aromatic rings. The molecular formula is C7H14N2O4S. The molecule has 0 bridgehead atoms. The summed E-state index contributed by atoms with van der Waals surface area (Å²) in [6.07, 6.45) is 0.831. The maximum Gasteiger partial charge on any atom is 0.248 e. The number of carbonyl (C=O) groups is 1. The number of hydrogen-bond acceptors (Lipinski definition) is 4. The van der Waals surface area contributed by atoms with Crippen molar-refractivity contribution in [2.75, 3.05) is 33.0 Å². The van der Waals surface area contributed by atoms with Crippen LogP contribution in [0.3, 0.4) is 0 Å². The first-order valence-electron chi connectivity index (χ1n) is 4.18. The minimum Gasteiger partial charge on any atom is -0.365 e. The van der Waals surface area contributed by atoms with Crippen LogP contribution in [0.5, 0.6) is 0 Å². The lowest BCUT2D eigenvalue weighted by Gasteiger charge is -2.29. The van der Waals surface area contributed by atoms with E-state index in [0.29, 0.717) is 6.54 Å². The van der Waals surface area contributed by atoms with Gasteiger partial charge in [-0.2, -0.15) is 0 Å². The standard InChI is InChI=1S/C7H14N2O4S/c1-9-4-6(13-5-7(9)10)3-8-14(2,11)12/h6,8H,3-5H2,1-2H3. The van der Waals surface area contributed by atoms with Gasteiger partial charge in [0.2, 0.25) is 15.9 Å². The molecule has 6 nitrogen and oxygen atoms in total. The van der Waals surface area contributed by atoms with E-state index in [9.17, 15) is 13.2 Å². The first-order chi connectivity index (χ1) is 6.38. The third-order valence-electron chi connectivity index (χ3n) is 1.92. The van der Waals surface area contributed by atoms with Gasteiger partial charge in [0.15, 0.2) is 0 Å². The first-order valence-corrected chi connectivity index (χ1v) is 6.08. The van der Waals surface area contributed by atoms with Crippen molar-refractivity contribution in [3.63, 3.8) is 0 Å². The van der Waals surface area contributed by atoms with Crippen LogP contribution in [-0.4, -0.2) is 58.3 Å². The molecular weight excluding hydrogens is 208 g/mol.